The van der Waals surface area contributed by atoms with Crippen molar-refractivity contribution in [2.45, 2.75) is 50.7 Å². The first-order valence-electron chi connectivity index (χ1n) is 6.26. The zero-order chi connectivity index (χ0) is 11.2. The number of benzene rings is 1. The second-order valence-corrected chi connectivity index (χ2v) is 4.53. The van der Waals surface area contributed by atoms with Gasteiger partial charge < -0.3 is 9.84 Å². The molecule has 1 aliphatic carbocycles. The summed E-state index contributed by atoms with van der Waals surface area (Å²) < 4.78 is 5.85. The number of hydrogen-bond acceptors (Lipinski definition) is 2. The van der Waals surface area contributed by atoms with E-state index >= 15 is 0 Å². The normalized spacial score (nSPS) is 26.8. The lowest BCUT2D eigenvalue weighted by atomic mass is 9.96. The molecule has 1 fully saturated rings. The molecule has 2 unspecified atom stereocenters. The molecule has 0 aromatic heterocycles. The molecule has 16 heavy (non-hydrogen) atoms. The summed E-state index contributed by atoms with van der Waals surface area (Å²) in [6.45, 7) is 0. The standard InChI is InChI=1S/C14H20O2/c15-13-10-6-1-2-7-11-14(13)16-12-8-4-3-5-9-12/h3-5,8-9,13-15H,1-2,6-7,10-11H2. The molecule has 0 heterocycles. The summed E-state index contributed by atoms with van der Waals surface area (Å²) in [5.74, 6) is 0.868. The maximum Gasteiger partial charge on any atom is 0.124 e. The van der Waals surface area contributed by atoms with Gasteiger partial charge in [-0.15, -0.1) is 0 Å². The van der Waals surface area contributed by atoms with Crippen molar-refractivity contribution >= 4 is 0 Å². The van der Waals surface area contributed by atoms with Crippen LogP contribution in [0.1, 0.15) is 38.5 Å². The Hall–Kier alpha value is -1.02. The lowest BCUT2D eigenvalue weighted by molar-refractivity contribution is 0.0187. The van der Waals surface area contributed by atoms with E-state index in [2.05, 4.69) is 0 Å². The maximum atomic E-state index is 10.0. The van der Waals surface area contributed by atoms with Crippen LogP contribution in [0.5, 0.6) is 5.75 Å². The summed E-state index contributed by atoms with van der Waals surface area (Å²) in [6, 6.07) is 9.80. The smallest absolute Gasteiger partial charge is 0.124 e. The number of aliphatic hydroxyl groups is 1. The van der Waals surface area contributed by atoms with Gasteiger partial charge in [0.2, 0.25) is 0 Å². The van der Waals surface area contributed by atoms with Crippen LogP contribution in [0.2, 0.25) is 0 Å². The van der Waals surface area contributed by atoms with Crippen LogP contribution in [0.15, 0.2) is 30.3 Å². The third-order valence-electron chi connectivity index (χ3n) is 3.20. The molecule has 0 radical (unpaired) electrons. The van der Waals surface area contributed by atoms with E-state index < -0.39 is 0 Å². The van der Waals surface area contributed by atoms with Crippen molar-refractivity contribution < 1.29 is 9.84 Å². The summed E-state index contributed by atoms with van der Waals surface area (Å²) in [5, 5.41) is 10.0. The Balaban J connectivity index is 1.95. The molecule has 2 heteroatoms. The van der Waals surface area contributed by atoms with Gasteiger partial charge in [-0.3, -0.25) is 0 Å². The highest BCUT2D eigenvalue weighted by molar-refractivity contribution is 5.21. The molecule has 2 nitrogen and oxygen atoms in total. The Morgan fingerprint density at radius 2 is 1.62 bits per heavy atom. The molecule has 1 aliphatic rings. The van der Waals surface area contributed by atoms with Gasteiger partial charge in [-0.05, 0) is 31.4 Å². The molecule has 0 amide bonds. The average Bonchev–Trinajstić information content (AvgIpc) is 2.30. The molecular weight excluding hydrogens is 200 g/mol. The maximum absolute atomic E-state index is 10.0. The number of aliphatic hydroxyl groups excluding tert-OH is 1. The highest BCUT2D eigenvalue weighted by atomic mass is 16.5. The van der Waals surface area contributed by atoms with Gasteiger partial charge in [0.05, 0.1) is 6.10 Å². The van der Waals surface area contributed by atoms with E-state index in [1.807, 2.05) is 30.3 Å². The van der Waals surface area contributed by atoms with Crippen LogP contribution in [0, 0.1) is 0 Å². The summed E-state index contributed by atoms with van der Waals surface area (Å²) in [7, 11) is 0. The lowest BCUT2D eigenvalue weighted by Gasteiger charge is -2.26. The number of para-hydroxylation sites is 1. The van der Waals surface area contributed by atoms with E-state index in [9.17, 15) is 5.11 Å². The summed E-state index contributed by atoms with van der Waals surface area (Å²) in [4.78, 5) is 0. The Labute approximate surface area is 97.3 Å². The fourth-order valence-electron chi connectivity index (χ4n) is 2.24. The highest BCUT2D eigenvalue weighted by Gasteiger charge is 2.21. The minimum Gasteiger partial charge on any atom is -0.488 e. The first-order valence-corrected chi connectivity index (χ1v) is 6.26. The third kappa shape index (κ3) is 3.24. The van der Waals surface area contributed by atoms with Crippen LogP contribution in [0.4, 0.5) is 0 Å². The second kappa shape index (κ2) is 5.90. The van der Waals surface area contributed by atoms with Crippen LogP contribution in [-0.4, -0.2) is 17.3 Å². The van der Waals surface area contributed by atoms with Gasteiger partial charge in [-0.1, -0.05) is 37.5 Å². The molecule has 2 atom stereocenters. The molecule has 0 bridgehead atoms. The predicted octanol–water partition coefficient (Wildman–Crippen LogP) is 3.15. The topological polar surface area (TPSA) is 29.5 Å². The Morgan fingerprint density at radius 3 is 2.38 bits per heavy atom. The van der Waals surface area contributed by atoms with Crippen LogP contribution in [-0.2, 0) is 0 Å². The number of hydrogen-bond donors (Lipinski definition) is 1. The van der Waals surface area contributed by atoms with Crippen molar-refractivity contribution in [1.29, 1.82) is 0 Å². The molecule has 0 aliphatic heterocycles. The Morgan fingerprint density at radius 1 is 0.938 bits per heavy atom. The molecule has 2 rings (SSSR count). The van der Waals surface area contributed by atoms with Crippen molar-refractivity contribution in [3.8, 4) is 5.75 Å². The SMILES string of the molecule is OC1CCCCCCC1Oc1ccccc1. The molecule has 1 aromatic carbocycles. The van der Waals surface area contributed by atoms with Crippen molar-refractivity contribution in [2.24, 2.45) is 0 Å². The van der Waals surface area contributed by atoms with Crippen LogP contribution in [0.25, 0.3) is 0 Å². The molecule has 0 saturated heterocycles. The quantitative estimate of drug-likeness (QED) is 0.829. The van der Waals surface area contributed by atoms with Crippen molar-refractivity contribution in [3.63, 3.8) is 0 Å². The predicted molar refractivity (Wildman–Crippen MR) is 64.6 cm³/mol. The summed E-state index contributed by atoms with van der Waals surface area (Å²) in [5.41, 5.74) is 0. The summed E-state index contributed by atoms with van der Waals surface area (Å²) in [6.07, 6.45) is 6.30. The second-order valence-electron chi connectivity index (χ2n) is 4.53. The van der Waals surface area contributed by atoms with Crippen LogP contribution >= 0.6 is 0 Å². The fourth-order valence-corrected chi connectivity index (χ4v) is 2.24. The van der Waals surface area contributed by atoms with Crippen molar-refractivity contribution in [1.82, 2.24) is 0 Å². The Bertz CT molecular complexity index is 297. The molecular formula is C14H20O2. The number of ether oxygens (including phenoxy) is 1. The number of rotatable bonds is 2. The molecule has 1 N–H and O–H groups in total. The summed E-state index contributed by atoms with van der Waals surface area (Å²) >= 11 is 0. The molecule has 88 valence electrons. The van der Waals surface area contributed by atoms with Crippen molar-refractivity contribution in [3.05, 3.63) is 30.3 Å². The molecule has 1 saturated carbocycles. The van der Waals surface area contributed by atoms with Gasteiger partial charge in [0, 0.05) is 0 Å². The van der Waals surface area contributed by atoms with E-state index in [0.717, 1.165) is 31.4 Å². The minimum atomic E-state index is -0.305. The lowest BCUT2D eigenvalue weighted by Crippen LogP contribution is -2.32. The van der Waals surface area contributed by atoms with E-state index in [1.54, 1.807) is 0 Å². The zero-order valence-corrected chi connectivity index (χ0v) is 9.64. The van der Waals surface area contributed by atoms with E-state index in [4.69, 9.17) is 4.74 Å². The van der Waals surface area contributed by atoms with Crippen molar-refractivity contribution in [2.75, 3.05) is 0 Å². The van der Waals surface area contributed by atoms with Gasteiger partial charge >= 0.3 is 0 Å². The van der Waals surface area contributed by atoms with Crippen LogP contribution in [0.3, 0.4) is 0 Å². The van der Waals surface area contributed by atoms with Gasteiger partial charge in [0.15, 0.2) is 0 Å². The minimum absolute atomic E-state index is 0.0253. The largest absolute Gasteiger partial charge is 0.488 e. The molecule has 0 spiro atoms. The first kappa shape index (κ1) is 11.5. The van der Waals surface area contributed by atoms with Gasteiger partial charge in [0.25, 0.3) is 0 Å². The fraction of sp³-hybridized carbons (Fsp3) is 0.571. The van der Waals surface area contributed by atoms with Gasteiger partial charge in [-0.2, -0.15) is 0 Å². The van der Waals surface area contributed by atoms with E-state index in [-0.39, 0.29) is 12.2 Å². The van der Waals surface area contributed by atoms with E-state index in [0.29, 0.717) is 0 Å². The van der Waals surface area contributed by atoms with E-state index in [1.165, 1.54) is 12.8 Å². The van der Waals surface area contributed by atoms with Gasteiger partial charge in [-0.25, -0.2) is 0 Å². The zero-order valence-electron chi connectivity index (χ0n) is 9.64. The first-order chi connectivity index (χ1) is 7.86. The molecule has 1 aromatic rings. The highest BCUT2D eigenvalue weighted by Crippen LogP contribution is 2.22. The third-order valence-corrected chi connectivity index (χ3v) is 3.20. The average molecular weight is 220 g/mol. The van der Waals surface area contributed by atoms with Gasteiger partial charge in [0.1, 0.15) is 11.9 Å². The monoisotopic (exact) mass is 220 g/mol. The Kier molecular flexibility index (Phi) is 4.23. The van der Waals surface area contributed by atoms with Crippen LogP contribution < -0.4 is 4.74 Å².